The summed E-state index contributed by atoms with van der Waals surface area (Å²) in [6.45, 7) is 2.05. The van der Waals surface area contributed by atoms with Gasteiger partial charge in [0, 0.05) is 6.04 Å². The highest BCUT2D eigenvalue weighted by atomic mass is 32.2. The average molecular weight is 302 g/mol. The Hall–Kier alpha value is -1.05. The maximum atomic E-state index is 13.7. The first-order valence-corrected chi connectivity index (χ1v) is 7.81. The fourth-order valence-corrected chi connectivity index (χ4v) is 4.01. The summed E-state index contributed by atoms with van der Waals surface area (Å²) in [4.78, 5) is -0.458. The number of hydrogen-bond acceptors (Lipinski definition) is 3. The Labute approximate surface area is 117 Å². The van der Waals surface area contributed by atoms with E-state index in [0.717, 1.165) is 18.9 Å². The molecule has 0 heterocycles. The Morgan fingerprint density at radius 2 is 2.11 bits per heavy atom. The van der Waals surface area contributed by atoms with Gasteiger partial charge >= 0.3 is 0 Å². The van der Waals surface area contributed by atoms with Crippen LogP contribution >= 0.6 is 12.2 Å². The number of thiocarbonyl (C=S) groups is 1. The Bertz CT molecular complexity index is 610. The van der Waals surface area contributed by atoms with Crippen LogP contribution in [0.3, 0.4) is 0 Å². The second kappa shape index (κ2) is 5.15. The Kier molecular flexibility index (Phi) is 3.89. The maximum absolute atomic E-state index is 13.7. The van der Waals surface area contributed by atoms with Crippen LogP contribution in [0.25, 0.3) is 0 Å². The van der Waals surface area contributed by atoms with Gasteiger partial charge in [-0.15, -0.1) is 0 Å². The van der Waals surface area contributed by atoms with Gasteiger partial charge in [-0.05, 0) is 30.9 Å². The SMILES string of the molecule is CC1CC(NS(=O)(=O)c2cccc(F)c2C(N)=S)C1. The first-order valence-electron chi connectivity index (χ1n) is 5.92. The lowest BCUT2D eigenvalue weighted by Crippen LogP contribution is -2.43. The molecule has 1 aromatic carbocycles. The van der Waals surface area contributed by atoms with Crippen molar-refractivity contribution >= 4 is 27.2 Å². The monoisotopic (exact) mass is 302 g/mol. The molecule has 0 spiro atoms. The summed E-state index contributed by atoms with van der Waals surface area (Å²) >= 11 is 4.73. The number of rotatable bonds is 4. The highest BCUT2D eigenvalue weighted by molar-refractivity contribution is 7.89. The van der Waals surface area contributed by atoms with E-state index in [1.807, 2.05) is 6.92 Å². The molecule has 0 amide bonds. The van der Waals surface area contributed by atoms with E-state index in [-0.39, 0.29) is 21.5 Å². The normalized spacial score (nSPS) is 22.8. The molecule has 104 valence electrons. The van der Waals surface area contributed by atoms with E-state index in [2.05, 4.69) is 4.72 Å². The molecule has 0 aromatic heterocycles. The number of halogens is 1. The summed E-state index contributed by atoms with van der Waals surface area (Å²) in [5.74, 6) is -0.215. The van der Waals surface area contributed by atoms with E-state index in [4.69, 9.17) is 18.0 Å². The second-order valence-electron chi connectivity index (χ2n) is 4.87. The van der Waals surface area contributed by atoms with Crippen LogP contribution in [0.2, 0.25) is 0 Å². The van der Waals surface area contributed by atoms with Crippen molar-refractivity contribution in [2.24, 2.45) is 11.7 Å². The van der Waals surface area contributed by atoms with Crippen molar-refractivity contribution in [1.29, 1.82) is 0 Å². The molecule has 1 aromatic rings. The van der Waals surface area contributed by atoms with E-state index in [9.17, 15) is 12.8 Å². The first-order chi connectivity index (χ1) is 8.81. The molecule has 2 rings (SSSR count). The molecule has 0 atom stereocenters. The van der Waals surface area contributed by atoms with E-state index in [0.29, 0.717) is 5.92 Å². The number of nitrogens with two attached hydrogens (primary N) is 1. The Morgan fingerprint density at radius 3 is 2.63 bits per heavy atom. The van der Waals surface area contributed by atoms with Gasteiger partial charge in [0.2, 0.25) is 10.0 Å². The standard InChI is InChI=1S/C12H15FN2O2S2/c1-7-5-8(6-7)15-19(16,17)10-4-2-3-9(13)11(10)12(14)18/h2-4,7-8,15H,5-6H2,1H3,(H2,14,18). The molecule has 0 aliphatic heterocycles. The third-order valence-electron chi connectivity index (χ3n) is 3.21. The van der Waals surface area contributed by atoms with E-state index in [1.54, 1.807) is 0 Å². The Morgan fingerprint density at radius 1 is 1.47 bits per heavy atom. The minimum absolute atomic E-state index is 0.0949. The zero-order valence-corrected chi connectivity index (χ0v) is 12.0. The predicted octanol–water partition coefficient (Wildman–Crippen LogP) is 1.54. The fourth-order valence-electron chi connectivity index (χ4n) is 2.25. The summed E-state index contributed by atoms with van der Waals surface area (Å²) in [5, 5.41) is 0. The van der Waals surface area contributed by atoms with Gasteiger partial charge in [-0.3, -0.25) is 0 Å². The molecule has 19 heavy (non-hydrogen) atoms. The third kappa shape index (κ3) is 2.93. The van der Waals surface area contributed by atoms with Crippen LogP contribution in [-0.4, -0.2) is 19.4 Å². The fraction of sp³-hybridized carbons (Fsp3) is 0.417. The van der Waals surface area contributed by atoms with Crippen LogP contribution in [0.4, 0.5) is 4.39 Å². The molecule has 1 aliphatic carbocycles. The van der Waals surface area contributed by atoms with Gasteiger partial charge in [0.1, 0.15) is 10.8 Å². The lowest BCUT2D eigenvalue weighted by atomic mass is 9.83. The van der Waals surface area contributed by atoms with Crippen LogP contribution in [0.5, 0.6) is 0 Å². The van der Waals surface area contributed by atoms with Gasteiger partial charge in [-0.25, -0.2) is 17.5 Å². The molecule has 4 nitrogen and oxygen atoms in total. The van der Waals surface area contributed by atoms with Crippen molar-refractivity contribution in [3.63, 3.8) is 0 Å². The number of nitrogens with one attached hydrogen (secondary N) is 1. The number of sulfonamides is 1. The molecule has 0 radical (unpaired) electrons. The molecule has 7 heteroatoms. The molecular weight excluding hydrogens is 287 g/mol. The average Bonchev–Trinajstić information content (AvgIpc) is 2.25. The third-order valence-corrected chi connectivity index (χ3v) is 4.97. The zero-order chi connectivity index (χ0) is 14.2. The summed E-state index contributed by atoms with van der Waals surface area (Å²) in [6.07, 6.45) is 1.58. The number of hydrogen-bond donors (Lipinski definition) is 2. The quantitative estimate of drug-likeness (QED) is 0.828. The summed E-state index contributed by atoms with van der Waals surface area (Å²) in [7, 11) is -3.80. The Balaban J connectivity index is 2.35. The van der Waals surface area contributed by atoms with Crippen LogP contribution in [0.15, 0.2) is 23.1 Å². The van der Waals surface area contributed by atoms with Crippen molar-refractivity contribution in [2.45, 2.75) is 30.7 Å². The lowest BCUT2D eigenvalue weighted by Gasteiger charge is -2.33. The summed E-state index contributed by atoms with van der Waals surface area (Å²) in [6, 6.07) is 3.68. The summed E-state index contributed by atoms with van der Waals surface area (Å²) < 4.78 is 40.7. The highest BCUT2D eigenvalue weighted by Gasteiger charge is 2.31. The lowest BCUT2D eigenvalue weighted by molar-refractivity contribution is 0.270. The molecule has 1 saturated carbocycles. The molecule has 0 unspecified atom stereocenters. The summed E-state index contributed by atoms with van der Waals surface area (Å²) in [5.41, 5.74) is 5.19. The topological polar surface area (TPSA) is 72.2 Å². The molecule has 0 saturated heterocycles. The van der Waals surface area contributed by atoms with Gasteiger partial charge in [0.25, 0.3) is 0 Å². The molecule has 0 bridgehead atoms. The minimum atomic E-state index is -3.80. The molecule has 3 N–H and O–H groups in total. The minimum Gasteiger partial charge on any atom is -0.389 e. The van der Waals surface area contributed by atoms with E-state index in [1.165, 1.54) is 12.1 Å². The second-order valence-corrected chi connectivity index (χ2v) is 6.99. The molecule has 1 aliphatic rings. The van der Waals surface area contributed by atoms with Crippen molar-refractivity contribution in [1.82, 2.24) is 4.72 Å². The zero-order valence-electron chi connectivity index (χ0n) is 10.4. The van der Waals surface area contributed by atoms with Crippen molar-refractivity contribution in [3.05, 3.63) is 29.6 Å². The van der Waals surface area contributed by atoms with Crippen molar-refractivity contribution in [2.75, 3.05) is 0 Å². The van der Waals surface area contributed by atoms with Crippen LogP contribution in [-0.2, 0) is 10.0 Å². The van der Waals surface area contributed by atoms with Crippen LogP contribution < -0.4 is 10.5 Å². The molecular formula is C12H15FN2O2S2. The first kappa shape index (κ1) is 14.4. The van der Waals surface area contributed by atoms with Gasteiger partial charge in [-0.1, -0.05) is 25.2 Å². The highest BCUT2D eigenvalue weighted by Crippen LogP contribution is 2.28. The van der Waals surface area contributed by atoms with Gasteiger partial charge < -0.3 is 5.73 Å². The van der Waals surface area contributed by atoms with E-state index < -0.39 is 15.8 Å². The van der Waals surface area contributed by atoms with Crippen molar-refractivity contribution in [3.8, 4) is 0 Å². The number of benzene rings is 1. The van der Waals surface area contributed by atoms with Gasteiger partial charge in [-0.2, -0.15) is 0 Å². The van der Waals surface area contributed by atoms with Crippen LogP contribution in [0, 0.1) is 11.7 Å². The van der Waals surface area contributed by atoms with Crippen molar-refractivity contribution < 1.29 is 12.8 Å². The van der Waals surface area contributed by atoms with Crippen LogP contribution in [0.1, 0.15) is 25.3 Å². The smallest absolute Gasteiger partial charge is 0.241 e. The maximum Gasteiger partial charge on any atom is 0.241 e. The molecule has 1 fully saturated rings. The van der Waals surface area contributed by atoms with Gasteiger partial charge in [0.15, 0.2) is 0 Å². The predicted molar refractivity (Wildman–Crippen MR) is 74.8 cm³/mol. The van der Waals surface area contributed by atoms with Gasteiger partial charge in [0.05, 0.1) is 10.5 Å². The largest absolute Gasteiger partial charge is 0.389 e. The van der Waals surface area contributed by atoms with E-state index >= 15 is 0 Å².